The van der Waals surface area contributed by atoms with E-state index in [-0.39, 0.29) is 23.9 Å². The van der Waals surface area contributed by atoms with E-state index >= 15 is 0 Å². The quantitative estimate of drug-likeness (QED) is 0.762. The number of aliphatic imine (C=N–C) groups is 1. The average Bonchev–Trinajstić information content (AvgIpc) is 2.89. The van der Waals surface area contributed by atoms with E-state index in [1.807, 2.05) is 0 Å². The van der Waals surface area contributed by atoms with Crippen molar-refractivity contribution < 1.29 is 14.7 Å². The zero-order valence-electron chi connectivity index (χ0n) is 12.4. The highest BCUT2D eigenvalue weighted by atomic mass is 79.9. The molecule has 1 saturated heterocycles. The first-order valence-corrected chi connectivity index (χ1v) is 8.82. The fourth-order valence-electron chi connectivity index (χ4n) is 2.16. The van der Waals surface area contributed by atoms with Crippen LogP contribution in [0.15, 0.2) is 58.0 Å². The number of halogens is 1. The maximum absolute atomic E-state index is 12.3. The summed E-state index contributed by atoms with van der Waals surface area (Å²) in [6.07, 6.45) is 0.118. The second-order valence-electron chi connectivity index (χ2n) is 5.16. The van der Waals surface area contributed by atoms with Crippen LogP contribution in [-0.2, 0) is 4.79 Å². The number of nitrogens with zero attached hydrogens (tertiary/aromatic N) is 1. The van der Waals surface area contributed by atoms with Gasteiger partial charge >= 0.3 is 0 Å². The van der Waals surface area contributed by atoms with Crippen LogP contribution >= 0.6 is 27.7 Å². The standard InChI is InChI=1S/C17H13BrN2O3S/c18-11-3-1-10(2-4-11)14(22)9-15-16(23)20-17(24-15)19-12-5-7-13(21)8-6-12/h1-8,15,21H,9H2,(H,19,20,23). The fraction of sp³-hybridized carbons (Fsp3) is 0.118. The lowest BCUT2D eigenvalue weighted by molar-refractivity contribution is -0.118. The number of hydrogen-bond acceptors (Lipinski definition) is 5. The number of rotatable bonds is 4. The lowest BCUT2D eigenvalue weighted by Crippen LogP contribution is -2.26. The molecule has 3 rings (SSSR count). The third-order valence-electron chi connectivity index (χ3n) is 3.39. The molecule has 24 heavy (non-hydrogen) atoms. The van der Waals surface area contributed by atoms with E-state index in [9.17, 15) is 14.7 Å². The number of ketones is 1. The first kappa shape index (κ1) is 16.7. The van der Waals surface area contributed by atoms with E-state index in [2.05, 4.69) is 26.2 Å². The van der Waals surface area contributed by atoms with Crippen LogP contribution in [0.4, 0.5) is 5.69 Å². The van der Waals surface area contributed by atoms with E-state index < -0.39 is 5.25 Å². The summed E-state index contributed by atoms with van der Waals surface area (Å²) in [5, 5.41) is 11.9. The highest BCUT2D eigenvalue weighted by Crippen LogP contribution is 2.27. The number of phenolic OH excluding ortho intramolecular Hbond substituents is 1. The normalized spacial score (nSPS) is 18.6. The molecule has 5 nitrogen and oxygen atoms in total. The van der Waals surface area contributed by atoms with Crippen molar-refractivity contribution in [3.05, 3.63) is 58.6 Å². The molecule has 1 amide bonds. The lowest BCUT2D eigenvalue weighted by atomic mass is 10.1. The van der Waals surface area contributed by atoms with E-state index in [0.29, 0.717) is 16.4 Å². The average molecular weight is 405 g/mol. The number of benzene rings is 2. The molecule has 1 fully saturated rings. The molecule has 2 aromatic rings. The van der Waals surface area contributed by atoms with E-state index in [1.54, 1.807) is 36.4 Å². The van der Waals surface area contributed by atoms with Crippen molar-refractivity contribution in [3.8, 4) is 5.75 Å². The van der Waals surface area contributed by atoms with Gasteiger partial charge in [-0.25, -0.2) is 4.99 Å². The molecule has 1 heterocycles. The van der Waals surface area contributed by atoms with Crippen molar-refractivity contribution in [2.24, 2.45) is 4.99 Å². The summed E-state index contributed by atoms with van der Waals surface area (Å²) in [5.74, 6) is -0.149. The number of nitrogens with one attached hydrogen (secondary N) is 1. The Labute approximate surface area is 151 Å². The van der Waals surface area contributed by atoms with Gasteiger partial charge in [0.25, 0.3) is 0 Å². The van der Waals surface area contributed by atoms with Crippen molar-refractivity contribution in [2.45, 2.75) is 11.7 Å². The molecule has 1 unspecified atom stereocenters. The molecular weight excluding hydrogens is 392 g/mol. The smallest absolute Gasteiger partial charge is 0.240 e. The number of amides is 1. The van der Waals surface area contributed by atoms with Gasteiger partial charge in [-0.1, -0.05) is 39.8 Å². The zero-order chi connectivity index (χ0) is 17.1. The Morgan fingerprint density at radius 3 is 2.50 bits per heavy atom. The molecule has 1 aliphatic heterocycles. The Morgan fingerprint density at radius 1 is 1.17 bits per heavy atom. The second-order valence-corrected chi connectivity index (χ2v) is 7.27. The Hall–Kier alpha value is -2.12. The number of hydrogen-bond donors (Lipinski definition) is 2. The van der Waals surface area contributed by atoms with Crippen LogP contribution in [0.2, 0.25) is 0 Å². The van der Waals surface area contributed by atoms with Gasteiger partial charge in [-0.2, -0.15) is 0 Å². The van der Waals surface area contributed by atoms with E-state index in [4.69, 9.17) is 0 Å². The van der Waals surface area contributed by atoms with Crippen molar-refractivity contribution in [2.75, 3.05) is 0 Å². The van der Waals surface area contributed by atoms with Crippen LogP contribution in [0.5, 0.6) is 5.75 Å². The van der Waals surface area contributed by atoms with Gasteiger partial charge in [0.15, 0.2) is 11.0 Å². The topological polar surface area (TPSA) is 78.8 Å². The van der Waals surface area contributed by atoms with Crippen LogP contribution in [0.3, 0.4) is 0 Å². The molecule has 122 valence electrons. The van der Waals surface area contributed by atoms with Crippen LogP contribution in [0.25, 0.3) is 0 Å². The summed E-state index contributed by atoms with van der Waals surface area (Å²) >= 11 is 4.57. The van der Waals surface area contributed by atoms with Gasteiger partial charge in [-0.3, -0.25) is 9.59 Å². The van der Waals surface area contributed by atoms with Crippen LogP contribution in [0, 0.1) is 0 Å². The monoisotopic (exact) mass is 404 g/mol. The number of aromatic hydroxyl groups is 1. The van der Waals surface area contributed by atoms with Crippen molar-refractivity contribution >= 4 is 50.2 Å². The molecule has 0 spiro atoms. The van der Waals surface area contributed by atoms with Gasteiger partial charge in [0.05, 0.1) is 10.9 Å². The van der Waals surface area contributed by atoms with Gasteiger partial charge in [-0.15, -0.1) is 0 Å². The van der Waals surface area contributed by atoms with Crippen molar-refractivity contribution in [1.29, 1.82) is 0 Å². The number of amidine groups is 1. The molecule has 0 saturated carbocycles. The minimum Gasteiger partial charge on any atom is -0.508 e. The summed E-state index contributed by atoms with van der Waals surface area (Å²) in [6, 6.07) is 13.4. The maximum Gasteiger partial charge on any atom is 0.240 e. The number of Topliss-reactive ketones (excluding diaryl/α,β-unsaturated/α-hetero) is 1. The van der Waals surface area contributed by atoms with Crippen LogP contribution in [-0.4, -0.2) is 27.2 Å². The lowest BCUT2D eigenvalue weighted by Gasteiger charge is -2.04. The van der Waals surface area contributed by atoms with Gasteiger partial charge in [0.1, 0.15) is 5.75 Å². The largest absolute Gasteiger partial charge is 0.508 e. The Balaban J connectivity index is 1.67. The summed E-state index contributed by atoms with van der Waals surface area (Å²) in [7, 11) is 0. The summed E-state index contributed by atoms with van der Waals surface area (Å²) < 4.78 is 0.898. The predicted octanol–water partition coefficient (Wildman–Crippen LogP) is 3.65. The molecule has 0 aromatic heterocycles. The number of phenols is 1. The first-order chi connectivity index (χ1) is 11.5. The highest BCUT2D eigenvalue weighted by Gasteiger charge is 2.32. The first-order valence-electron chi connectivity index (χ1n) is 7.15. The summed E-state index contributed by atoms with van der Waals surface area (Å²) in [4.78, 5) is 28.6. The van der Waals surface area contributed by atoms with Gasteiger partial charge in [-0.05, 0) is 36.4 Å². The number of thioether (sulfide) groups is 1. The maximum atomic E-state index is 12.3. The number of carbonyl (C=O) groups is 2. The van der Waals surface area contributed by atoms with Crippen molar-refractivity contribution in [1.82, 2.24) is 5.32 Å². The second kappa shape index (κ2) is 7.19. The minimum absolute atomic E-state index is 0.0824. The third-order valence-corrected chi connectivity index (χ3v) is 5.00. The van der Waals surface area contributed by atoms with Crippen molar-refractivity contribution in [3.63, 3.8) is 0 Å². The molecule has 0 radical (unpaired) electrons. The molecular formula is C17H13BrN2O3S. The van der Waals surface area contributed by atoms with E-state index in [0.717, 1.165) is 4.47 Å². The zero-order valence-corrected chi connectivity index (χ0v) is 14.8. The van der Waals surface area contributed by atoms with Gasteiger partial charge < -0.3 is 10.4 Å². The van der Waals surface area contributed by atoms with E-state index in [1.165, 1.54) is 23.9 Å². The van der Waals surface area contributed by atoms with Crippen LogP contribution in [0.1, 0.15) is 16.8 Å². The molecule has 0 bridgehead atoms. The summed E-state index contributed by atoms with van der Waals surface area (Å²) in [6.45, 7) is 0. The Kier molecular flexibility index (Phi) is 5.01. The molecule has 2 aromatic carbocycles. The predicted molar refractivity (Wildman–Crippen MR) is 97.8 cm³/mol. The third kappa shape index (κ3) is 4.04. The van der Waals surface area contributed by atoms with Gasteiger partial charge in [0.2, 0.25) is 5.91 Å². The number of carbonyl (C=O) groups excluding carboxylic acids is 2. The summed E-state index contributed by atoms with van der Waals surface area (Å²) in [5.41, 5.74) is 1.20. The molecule has 1 aliphatic rings. The van der Waals surface area contributed by atoms with Crippen LogP contribution < -0.4 is 5.32 Å². The molecule has 0 aliphatic carbocycles. The Bertz CT molecular complexity index is 804. The van der Waals surface area contributed by atoms with Gasteiger partial charge in [0, 0.05) is 16.5 Å². The molecule has 2 N–H and O–H groups in total. The fourth-order valence-corrected chi connectivity index (χ4v) is 3.41. The highest BCUT2D eigenvalue weighted by molar-refractivity contribution is 9.10. The Morgan fingerprint density at radius 2 is 1.83 bits per heavy atom. The SMILES string of the molecule is O=C(CC1SC(=Nc2ccc(O)cc2)NC1=O)c1ccc(Br)cc1. The minimum atomic E-state index is -0.489. The molecule has 7 heteroatoms. The molecule has 1 atom stereocenters.